The van der Waals surface area contributed by atoms with Crippen molar-refractivity contribution in [1.82, 2.24) is 29.0 Å². The first-order chi connectivity index (χ1) is 23.6. The number of hydrogen-bond donors (Lipinski definition) is 2. The summed E-state index contributed by atoms with van der Waals surface area (Å²) in [6.07, 6.45) is 10.3. The first-order valence-corrected chi connectivity index (χ1v) is 18.0. The van der Waals surface area contributed by atoms with Crippen LogP contribution in [0.25, 0.3) is 5.65 Å². The van der Waals surface area contributed by atoms with Crippen LogP contribution in [0.3, 0.4) is 0 Å². The Kier molecular flexibility index (Phi) is 9.52. The van der Waals surface area contributed by atoms with Gasteiger partial charge in [-0.3, -0.25) is 4.79 Å². The Bertz CT molecular complexity index is 1660. The highest BCUT2D eigenvalue weighted by Crippen LogP contribution is 2.27. The molecule has 0 aliphatic carbocycles. The number of likely N-dealkylation sites (tertiary alicyclic amines) is 3. The number of para-hydroxylation sites is 1. The number of rotatable bonds is 6. The van der Waals surface area contributed by atoms with Crippen LogP contribution in [0, 0.1) is 6.92 Å². The second-order valence-corrected chi connectivity index (χ2v) is 14.8. The Morgan fingerprint density at radius 2 is 1.69 bits per heavy atom. The van der Waals surface area contributed by atoms with Crippen molar-refractivity contribution in [2.24, 2.45) is 5.73 Å². The number of piperidine rings is 3. The third-order valence-corrected chi connectivity index (χ3v) is 11.2. The van der Waals surface area contributed by atoms with Gasteiger partial charge in [0.05, 0.1) is 0 Å². The van der Waals surface area contributed by atoms with Gasteiger partial charge in [0.15, 0.2) is 6.10 Å². The summed E-state index contributed by atoms with van der Waals surface area (Å²) in [5, 5.41) is 3.06. The number of ether oxygens (including phenoxy) is 1. The zero-order chi connectivity index (χ0) is 34.1. The molecule has 1 atom stereocenters. The molecule has 6 heterocycles. The summed E-state index contributed by atoms with van der Waals surface area (Å²) in [4.78, 5) is 53.4. The van der Waals surface area contributed by atoms with Crippen LogP contribution in [0.15, 0.2) is 48.9 Å². The molecule has 1 aromatic carbocycles. The summed E-state index contributed by atoms with van der Waals surface area (Å²) >= 11 is 0. The largest absolute Gasteiger partial charge is 0.436 e. The third kappa shape index (κ3) is 7.40. The van der Waals surface area contributed by atoms with Crippen molar-refractivity contribution < 1.29 is 19.1 Å². The molecule has 0 bridgehead atoms. The average molecular weight is 671 g/mol. The van der Waals surface area contributed by atoms with E-state index in [0.717, 1.165) is 73.2 Å². The molecule has 4 amide bonds. The van der Waals surface area contributed by atoms with Gasteiger partial charge in [0, 0.05) is 94.1 Å². The maximum Gasteiger partial charge on any atom is 0.410 e. The molecule has 7 rings (SSSR count). The summed E-state index contributed by atoms with van der Waals surface area (Å²) in [5.74, 6) is -0.140. The smallest absolute Gasteiger partial charge is 0.410 e. The van der Waals surface area contributed by atoms with Gasteiger partial charge in [0.1, 0.15) is 5.65 Å². The zero-order valence-electron chi connectivity index (χ0n) is 28.9. The van der Waals surface area contributed by atoms with Crippen molar-refractivity contribution in [3.8, 4) is 0 Å². The maximum absolute atomic E-state index is 14.1. The molecular weight excluding hydrogens is 620 g/mol. The van der Waals surface area contributed by atoms with E-state index in [4.69, 9.17) is 10.5 Å². The lowest BCUT2D eigenvalue weighted by Crippen LogP contribution is -2.55. The van der Waals surface area contributed by atoms with Crippen molar-refractivity contribution in [3.63, 3.8) is 0 Å². The van der Waals surface area contributed by atoms with Crippen LogP contribution in [-0.4, -0.2) is 117 Å². The van der Waals surface area contributed by atoms with Crippen molar-refractivity contribution in [2.75, 3.05) is 51.1 Å². The molecular formula is C37H50N8O4. The van der Waals surface area contributed by atoms with E-state index < -0.39 is 12.2 Å². The Hall–Kier alpha value is -4.16. The molecule has 0 spiro atoms. The molecule has 12 heteroatoms. The molecule has 0 radical (unpaired) electrons. The minimum absolute atomic E-state index is 0.0282. The number of nitrogens with two attached hydrogens (primary N) is 1. The van der Waals surface area contributed by atoms with Crippen LogP contribution in [0.4, 0.5) is 15.3 Å². The topological polar surface area (TPSA) is 129 Å². The minimum Gasteiger partial charge on any atom is -0.436 e. The monoisotopic (exact) mass is 670 g/mol. The molecule has 0 saturated carbocycles. The van der Waals surface area contributed by atoms with E-state index in [2.05, 4.69) is 28.2 Å². The number of nitrogens with one attached hydrogen (secondary N) is 1. The van der Waals surface area contributed by atoms with E-state index in [-0.39, 0.29) is 29.9 Å². The first-order valence-electron chi connectivity index (χ1n) is 18.0. The van der Waals surface area contributed by atoms with E-state index in [1.807, 2.05) is 57.8 Å². The molecule has 3 saturated heterocycles. The zero-order valence-corrected chi connectivity index (χ0v) is 28.9. The lowest BCUT2D eigenvalue weighted by molar-refractivity contribution is -0.142. The number of imidazole rings is 1. The quantitative estimate of drug-likeness (QED) is 0.405. The van der Waals surface area contributed by atoms with Crippen molar-refractivity contribution in [2.45, 2.75) is 88.9 Å². The molecule has 49 heavy (non-hydrogen) atoms. The van der Waals surface area contributed by atoms with E-state index >= 15 is 0 Å². The Balaban J connectivity index is 0.993. The molecule has 2 aromatic heterocycles. The SMILES string of the molecule is Cc1cc(C[C@@H](OC(=O)N2CCC(N3CCc4ccccc4NC3=O)CC2)C(=O)N2CCC(N3CCC(C)(N)CC3)CC2)cn2ccnc12. The molecule has 3 N–H and O–H groups in total. The van der Waals surface area contributed by atoms with E-state index in [9.17, 15) is 14.4 Å². The van der Waals surface area contributed by atoms with Gasteiger partial charge in [-0.15, -0.1) is 0 Å². The molecule has 12 nitrogen and oxygen atoms in total. The number of nitrogens with zero attached hydrogens (tertiary/aromatic N) is 6. The van der Waals surface area contributed by atoms with Crippen molar-refractivity contribution in [1.29, 1.82) is 0 Å². The van der Waals surface area contributed by atoms with E-state index in [1.54, 1.807) is 11.1 Å². The summed E-state index contributed by atoms with van der Waals surface area (Å²) in [5.41, 5.74) is 11.1. The number of hydrogen-bond acceptors (Lipinski definition) is 7. The van der Waals surface area contributed by atoms with Crippen LogP contribution in [0.1, 0.15) is 62.1 Å². The number of anilines is 1. The number of carbonyl (C=O) groups excluding carboxylic acids is 3. The predicted octanol–water partition coefficient (Wildman–Crippen LogP) is 4.05. The Labute approximate surface area is 288 Å². The van der Waals surface area contributed by atoms with Gasteiger partial charge < -0.3 is 39.8 Å². The summed E-state index contributed by atoms with van der Waals surface area (Å²) in [6, 6.07) is 10.3. The number of benzene rings is 1. The standard InChI is InChI=1S/C37H50N8O4/c1-26-23-27(25-44-22-14-39-33(26)44)24-32(34(46)42-15-8-29(9-16-42)41-20-12-37(2,38)13-21-41)49-36(48)43-17-10-30(11-18-43)45-19-7-28-5-3-4-6-31(28)40-35(45)47/h3-6,14,22-23,25,29-30,32H,7-13,15-21,24,38H2,1-2H3,(H,40,47)/t32-/m1/s1. The summed E-state index contributed by atoms with van der Waals surface area (Å²) < 4.78 is 8.08. The van der Waals surface area contributed by atoms with Crippen LogP contribution in [-0.2, 0) is 22.4 Å². The average Bonchev–Trinajstić information content (AvgIpc) is 3.51. The van der Waals surface area contributed by atoms with Gasteiger partial charge in [0.25, 0.3) is 5.91 Å². The summed E-state index contributed by atoms with van der Waals surface area (Å²) in [7, 11) is 0. The van der Waals surface area contributed by atoms with Crippen molar-refractivity contribution in [3.05, 3.63) is 65.6 Å². The van der Waals surface area contributed by atoms with Gasteiger partial charge in [-0.05, 0) is 81.5 Å². The Morgan fingerprint density at radius 1 is 1.00 bits per heavy atom. The van der Waals surface area contributed by atoms with Gasteiger partial charge in [-0.25, -0.2) is 14.6 Å². The lowest BCUT2D eigenvalue weighted by Gasteiger charge is -2.44. The normalized spacial score (nSPS) is 21.6. The highest BCUT2D eigenvalue weighted by Gasteiger charge is 2.37. The predicted molar refractivity (Wildman–Crippen MR) is 187 cm³/mol. The number of pyridine rings is 1. The maximum atomic E-state index is 14.1. The molecule has 3 fully saturated rings. The Morgan fingerprint density at radius 3 is 2.45 bits per heavy atom. The van der Waals surface area contributed by atoms with Gasteiger partial charge >= 0.3 is 12.1 Å². The molecule has 4 aliphatic heterocycles. The number of urea groups is 1. The van der Waals surface area contributed by atoms with E-state index in [1.165, 1.54) is 0 Å². The van der Waals surface area contributed by atoms with Gasteiger partial charge in [0.2, 0.25) is 0 Å². The van der Waals surface area contributed by atoms with Crippen molar-refractivity contribution >= 4 is 29.4 Å². The first kappa shape index (κ1) is 33.3. The fourth-order valence-corrected chi connectivity index (χ4v) is 8.14. The highest BCUT2D eigenvalue weighted by molar-refractivity contribution is 5.91. The second kappa shape index (κ2) is 14.0. The van der Waals surface area contributed by atoms with E-state index in [0.29, 0.717) is 51.6 Å². The van der Waals surface area contributed by atoms with Gasteiger partial charge in [-0.1, -0.05) is 24.3 Å². The molecule has 262 valence electrons. The van der Waals surface area contributed by atoms with Crippen LogP contribution >= 0.6 is 0 Å². The van der Waals surface area contributed by atoms with Crippen LogP contribution in [0.5, 0.6) is 0 Å². The van der Waals surface area contributed by atoms with Gasteiger partial charge in [-0.2, -0.15) is 0 Å². The molecule has 0 unspecified atom stereocenters. The minimum atomic E-state index is -0.940. The van der Waals surface area contributed by atoms with Crippen LogP contribution < -0.4 is 11.1 Å². The highest BCUT2D eigenvalue weighted by atomic mass is 16.6. The number of fused-ring (bicyclic) bond motifs is 2. The fraction of sp³-hybridized carbons (Fsp3) is 0.568. The number of amides is 4. The summed E-state index contributed by atoms with van der Waals surface area (Å²) in [6.45, 7) is 8.96. The van der Waals surface area contributed by atoms with Crippen LogP contribution in [0.2, 0.25) is 0 Å². The number of aromatic nitrogens is 2. The number of aryl methyl sites for hydroxylation is 1. The third-order valence-electron chi connectivity index (χ3n) is 11.2. The lowest BCUT2D eigenvalue weighted by atomic mass is 9.89. The second-order valence-electron chi connectivity index (χ2n) is 14.8. The molecule has 4 aliphatic rings. The fourth-order valence-electron chi connectivity index (χ4n) is 8.14. The number of carbonyl (C=O) groups is 3. The molecule has 3 aromatic rings.